The highest BCUT2D eigenvalue weighted by atomic mass is 35.5. The number of rotatable bonds is 3. The summed E-state index contributed by atoms with van der Waals surface area (Å²) in [7, 11) is 0. The van der Waals surface area contributed by atoms with Gasteiger partial charge in [-0.25, -0.2) is 0 Å². The quantitative estimate of drug-likeness (QED) is 0.646. The summed E-state index contributed by atoms with van der Waals surface area (Å²) in [5.74, 6) is 1.99. The van der Waals surface area contributed by atoms with Crippen molar-refractivity contribution in [3.05, 3.63) is 23.2 Å². The molecule has 0 heterocycles. The number of phenols is 1. The molecule has 1 fully saturated rings. The number of aromatic hydroxyl groups is 1. The van der Waals surface area contributed by atoms with Crippen LogP contribution in [-0.4, -0.2) is 16.2 Å². The SMILES string of the molecule is Oc1cc(Cl)cc(SCC2CCC(Cl)C2)c1. The van der Waals surface area contributed by atoms with E-state index in [-0.39, 0.29) is 5.75 Å². The Balaban J connectivity index is 1.89. The minimum atomic E-state index is 0.233. The van der Waals surface area contributed by atoms with E-state index in [1.165, 1.54) is 6.42 Å². The van der Waals surface area contributed by atoms with Crippen molar-refractivity contribution in [1.29, 1.82) is 0 Å². The van der Waals surface area contributed by atoms with Crippen molar-refractivity contribution in [2.75, 3.05) is 5.75 Å². The predicted molar refractivity (Wildman–Crippen MR) is 70.8 cm³/mol. The Hall–Kier alpha value is -0.0500. The lowest BCUT2D eigenvalue weighted by Crippen LogP contribution is -1.98. The molecule has 16 heavy (non-hydrogen) atoms. The van der Waals surface area contributed by atoms with E-state index < -0.39 is 0 Å². The lowest BCUT2D eigenvalue weighted by molar-refractivity contribution is 0.474. The van der Waals surface area contributed by atoms with Gasteiger partial charge in [-0.05, 0) is 43.4 Å². The van der Waals surface area contributed by atoms with E-state index in [2.05, 4.69) is 0 Å². The van der Waals surface area contributed by atoms with E-state index in [9.17, 15) is 5.11 Å². The van der Waals surface area contributed by atoms with E-state index in [4.69, 9.17) is 23.2 Å². The Labute approximate surface area is 110 Å². The minimum absolute atomic E-state index is 0.233. The van der Waals surface area contributed by atoms with E-state index in [1.54, 1.807) is 23.9 Å². The van der Waals surface area contributed by atoms with Crippen LogP contribution in [0.2, 0.25) is 5.02 Å². The summed E-state index contributed by atoms with van der Waals surface area (Å²) in [6, 6.07) is 5.19. The van der Waals surface area contributed by atoms with Gasteiger partial charge in [0.25, 0.3) is 0 Å². The maximum absolute atomic E-state index is 9.41. The zero-order chi connectivity index (χ0) is 11.5. The lowest BCUT2D eigenvalue weighted by Gasteiger charge is -2.09. The molecule has 0 spiro atoms. The zero-order valence-corrected chi connectivity index (χ0v) is 11.2. The van der Waals surface area contributed by atoms with Crippen molar-refractivity contribution in [1.82, 2.24) is 0 Å². The minimum Gasteiger partial charge on any atom is -0.508 e. The van der Waals surface area contributed by atoms with Crippen molar-refractivity contribution < 1.29 is 5.11 Å². The van der Waals surface area contributed by atoms with Crippen molar-refractivity contribution in [3.63, 3.8) is 0 Å². The first-order chi connectivity index (χ1) is 7.63. The van der Waals surface area contributed by atoms with Gasteiger partial charge in [-0.2, -0.15) is 0 Å². The number of alkyl halides is 1. The molecule has 0 aliphatic heterocycles. The molecule has 0 saturated heterocycles. The normalized spacial score (nSPS) is 24.9. The summed E-state index contributed by atoms with van der Waals surface area (Å²) in [6.07, 6.45) is 3.46. The standard InChI is InChI=1S/C12H14Cl2OS/c13-9-2-1-8(3-9)7-16-12-5-10(14)4-11(15)6-12/h4-6,8-9,15H,1-3,7H2. The predicted octanol–water partition coefficient (Wildman–Crippen LogP) is 4.55. The van der Waals surface area contributed by atoms with Gasteiger partial charge in [0.1, 0.15) is 5.75 Å². The molecule has 1 N–H and O–H groups in total. The molecule has 1 aromatic carbocycles. The lowest BCUT2D eigenvalue weighted by atomic mass is 10.1. The highest BCUT2D eigenvalue weighted by Gasteiger charge is 2.22. The third-order valence-corrected chi connectivity index (χ3v) is 4.64. The monoisotopic (exact) mass is 276 g/mol. The van der Waals surface area contributed by atoms with E-state index >= 15 is 0 Å². The second-order valence-corrected chi connectivity index (χ2v) is 6.38. The van der Waals surface area contributed by atoms with Crippen LogP contribution in [0, 0.1) is 5.92 Å². The van der Waals surface area contributed by atoms with Crippen LogP contribution in [0.25, 0.3) is 0 Å². The van der Waals surface area contributed by atoms with Gasteiger partial charge in [0.2, 0.25) is 0 Å². The Kier molecular flexibility index (Phi) is 4.28. The number of halogens is 2. The molecule has 0 aromatic heterocycles. The summed E-state index contributed by atoms with van der Waals surface area (Å²) >= 11 is 13.7. The Morgan fingerprint density at radius 3 is 2.75 bits per heavy atom. The fraction of sp³-hybridized carbons (Fsp3) is 0.500. The van der Waals surface area contributed by atoms with Gasteiger partial charge >= 0.3 is 0 Å². The summed E-state index contributed by atoms with van der Waals surface area (Å²) in [6.45, 7) is 0. The van der Waals surface area contributed by atoms with Crippen LogP contribution in [0.3, 0.4) is 0 Å². The van der Waals surface area contributed by atoms with E-state index in [1.807, 2.05) is 6.07 Å². The van der Waals surface area contributed by atoms with Gasteiger partial charge < -0.3 is 5.11 Å². The smallest absolute Gasteiger partial charge is 0.118 e. The second kappa shape index (κ2) is 5.52. The Morgan fingerprint density at radius 1 is 1.31 bits per heavy atom. The number of hydrogen-bond donors (Lipinski definition) is 1. The van der Waals surface area contributed by atoms with Gasteiger partial charge in [-0.15, -0.1) is 23.4 Å². The Bertz CT molecular complexity index is 350. The van der Waals surface area contributed by atoms with Crippen LogP contribution in [-0.2, 0) is 0 Å². The zero-order valence-electron chi connectivity index (χ0n) is 8.83. The molecule has 0 amide bonds. The highest BCUT2D eigenvalue weighted by Crippen LogP contribution is 2.35. The van der Waals surface area contributed by atoms with Crippen LogP contribution >= 0.6 is 35.0 Å². The maximum atomic E-state index is 9.41. The molecule has 4 heteroatoms. The number of phenolic OH excluding ortho intramolecular Hbond substituents is 1. The van der Waals surface area contributed by atoms with Crippen LogP contribution in [0.1, 0.15) is 19.3 Å². The van der Waals surface area contributed by atoms with Crippen molar-refractivity contribution in [2.24, 2.45) is 5.92 Å². The topological polar surface area (TPSA) is 20.2 Å². The average molecular weight is 277 g/mol. The molecule has 0 bridgehead atoms. The first-order valence-electron chi connectivity index (χ1n) is 5.40. The van der Waals surface area contributed by atoms with Crippen LogP contribution < -0.4 is 0 Å². The molecule has 1 aliphatic rings. The largest absolute Gasteiger partial charge is 0.508 e. The fourth-order valence-corrected chi connectivity index (χ4v) is 3.83. The molecule has 88 valence electrons. The molecule has 2 atom stereocenters. The summed E-state index contributed by atoms with van der Waals surface area (Å²) in [5, 5.41) is 10.4. The van der Waals surface area contributed by atoms with Gasteiger partial charge in [-0.1, -0.05) is 11.6 Å². The summed E-state index contributed by atoms with van der Waals surface area (Å²) in [4.78, 5) is 1.03. The third kappa shape index (κ3) is 3.47. The fourth-order valence-electron chi connectivity index (χ4n) is 2.01. The van der Waals surface area contributed by atoms with Gasteiger partial charge in [0.05, 0.1) is 0 Å². The highest BCUT2D eigenvalue weighted by molar-refractivity contribution is 7.99. The van der Waals surface area contributed by atoms with Crippen LogP contribution in [0.15, 0.2) is 23.1 Å². The molecule has 2 rings (SSSR count). The van der Waals surface area contributed by atoms with E-state index in [0.717, 1.165) is 23.5 Å². The van der Waals surface area contributed by atoms with Crippen LogP contribution in [0.4, 0.5) is 0 Å². The summed E-state index contributed by atoms with van der Waals surface area (Å²) < 4.78 is 0. The summed E-state index contributed by atoms with van der Waals surface area (Å²) in [5.41, 5.74) is 0. The molecule has 1 aromatic rings. The van der Waals surface area contributed by atoms with Crippen molar-refractivity contribution in [3.8, 4) is 5.75 Å². The molecule has 0 radical (unpaired) electrons. The average Bonchev–Trinajstić information content (AvgIpc) is 2.60. The maximum Gasteiger partial charge on any atom is 0.118 e. The van der Waals surface area contributed by atoms with Crippen molar-refractivity contribution in [2.45, 2.75) is 29.5 Å². The first kappa shape index (κ1) is 12.4. The van der Waals surface area contributed by atoms with Gasteiger partial charge in [0.15, 0.2) is 0 Å². The number of hydrogen-bond acceptors (Lipinski definition) is 2. The second-order valence-electron chi connectivity index (χ2n) is 4.23. The Morgan fingerprint density at radius 2 is 2.12 bits per heavy atom. The van der Waals surface area contributed by atoms with Gasteiger partial charge in [0, 0.05) is 21.0 Å². The number of benzene rings is 1. The van der Waals surface area contributed by atoms with Gasteiger partial charge in [-0.3, -0.25) is 0 Å². The van der Waals surface area contributed by atoms with E-state index in [0.29, 0.717) is 16.3 Å². The molecule has 1 saturated carbocycles. The van der Waals surface area contributed by atoms with Crippen molar-refractivity contribution >= 4 is 35.0 Å². The molecule has 1 nitrogen and oxygen atoms in total. The van der Waals surface area contributed by atoms with Crippen LogP contribution in [0.5, 0.6) is 5.75 Å². The molecule has 1 aliphatic carbocycles. The molecular formula is C12H14Cl2OS. The molecular weight excluding hydrogens is 263 g/mol. The molecule has 2 unspecified atom stereocenters. The number of thioether (sulfide) groups is 1. The third-order valence-electron chi connectivity index (χ3n) is 2.82. The first-order valence-corrected chi connectivity index (χ1v) is 7.20.